The minimum atomic E-state index is -0.525. The first-order chi connectivity index (χ1) is 6.70. The average molecular weight is 212 g/mol. The predicted octanol–water partition coefficient (Wildman–Crippen LogP) is 1.85. The number of hydrogen-bond donors (Lipinski definition) is 0. The van der Waals surface area contributed by atoms with Crippen molar-refractivity contribution in [2.24, 2.45) is 0 Å². The van der Waals surface area contributed by atoms with Gasteiger partial charge in [0, 0.05) is 12.1 Å². The van der Waals surface area contributed by atoms with Gasteiger partial charge in [0.1, 0.15) is 0 Å². The molecular weight excluding hydrogens is 206 g/mol. The van der Waals surface area contributed by atoms with Crippen LogP contribution < -0.4 is 10.4 Å². The molecule has 0 radical (unpaired) electrons. The van der Waals surface area contributed by atoms with Crippen molar-refractivity contribution in [3.63, 3.8) is 0 Å². The van der Waals surface area contributed by atoms with Crippen molar-refractivity contribution < 1.29 is 9.15 Å². The summed E-state index contributed by atoms with van der Waals surface area (Å²) in [6.07, 6.45) is 0. The molecule has 0 aliphatic heterocycles. The maximum atomic E-state index is 11.0. The van der Waals surface area contributed by atoms with E-state index >= 15 is 0 Å². The first-order valence-electron chi connectivity index (χ1n) is 3.85. The lowest BCUT2D eigenvalue weighted by molar-refractivity contribution is 0.396. The standard InChI is InChI=1S/C9H6ClNO3/c1-13-7-3-2-5-6(10)4-8(12)14-9(5)11-7/h2-4H,1H3. The van der Waals surface area contributed by atoms with Gasteiger partial charge in [-0.3, -0.25) is 0 Å². The molecule has 0 unspecified atom stereocenters. The van der Waals surface area contributed by atoms with Crippen molar-refractivity contribution in [3.8, 4) is 5.88 Å². The van der Waals surface area contributed by atoms with E-state index < -0.39 is 5.63 Å². The lowest BCUT2D eigenvalue weighted by Gasteiger charge is -2.00. The molecule has 72 valence electrons. The molecule has 0 saturated heterocycles. The summed E-state index contributed by atoms with van der Waals surface area (Å²) in [5.74, 6) is 0.378. The summed E-state index contributed by atoms with van der Waals surface area (Å²) in [4.78, 5) is 14.9. The second kappa shape index (κ2) is 3.31. The van der Waals surface area contributed by atoms with E-state index in [9.17, 15) is 4.79 Å². The van der Waals surface area contributed by atoms with Crippen LogP contribution in [0.2, 0.25) is 5.02 Å². The molecule has 0 spiro atoms. The molecule has 0 aromatic carbocycles. The van der Waals surface area contributed by atoms with Crippen molar-refractivity contribution in [1.29, 1.82) is 0 Å². The number of pyridine rings is 1. The Morgan fingerprint density at radius 3 is 3.00 bits per heavy atom. The van der Waals surface area contributed by atoms with Crippen LogP contribution in [0, 0.1) is 0 Å². The largest absolute Gasteiger partial charge is 0.481 e. The Hall–Kier alpha value is -1.55. The predicted molar refractivity (Wildman–Crippen MR) is 51.8 cm³/mol. The van der Waals surface area contributed by atoms with Crippen molar-refractivity contribution in [2.75, 3.05) is 7.11 Å². The molecule has 0 N–H and O–H groups in total. The summed E-state index contributed by atoms with van der Waals surface area (Å²) in [5, 5.41) is 0.915. The normalized spacial score (nSPS) is 10.4. The van der Waals surface area contributed by atoms with Crippen LogP contribution in [0.25, 0.3) is 11.1 Å². The van der Waals surface area contributed by atoms with Gasteiger partial charge in [0.15, 0.2) is 0 Å². The monoisotopic (exact) mass is 211 g/mol. The van der Waals surface area contributed by atoms with Gasteiger partial charge in [-0.25, -0.2) is 4.79 Å². The van der Waals surface area contributed by atoms with E-state index in [2.05, 4.69) is 4.98 Å². The zero-order valence-electron chi connectivity index (χ0n) is 7.28. The molecule has 2 rings (SSSR count). The SMILES string of the molecule is COc1ccc2c(Cl)cc(=O)oc2n1. The van der Waals surface area contributed by atoms with Crippen molar-refractivity contribution in [2.45, 2.75) is 0 Å². The van der Waals surface area contributed by atoms with Crippen molar-refractivity contribution >= 4 is 22.7 Å². The van der Waals surface area contributed by atoms with Crippen molar-refractivity contribution in [3.05, 3.63) is 33.6 Å². The van der Waals surface area contributed by atoms with E-state index in [0.29, 0.717) is 16.3 Å². The van der Waals surface area contributed by atoms with Crippen LogP contribution in [0.4, 0.5) is 0 Å². The molecule has 0 bridgehead atoms. The number of nitrogens with zero attached hydrogens (tertiary/aromatic N) is 1. The fourth-order valence-corrected chi connectivity index (χ4v) is 1.34. The molecule has 14 heavy (non-hydrogen) atoms. The van der Waals surface area contributed by atoms with E-state index in [-0.39, 0.29) is 5.71 Å². The summed E-state index contributed by atoms with van der Waals surface area (Å²) in [6.45, 7) is 0. The van der Waals surface area contributed by atoms with Gasteiger partial charge in [0.05, 0.1) is 17.5 Å². The van der Waals surface area contributed by atoms with Gasteiger partial charge in [-0.05, 0) is 6.07 Å². The van der Waals surface area contributed by atoms with E-state index in [1.165, 1.54) is 13.2 Å². The van der Waals surface area contributed by atoms with Crippen LogP contribution in [0.3, 0.4) is 0 Å². The third-order valence-corrected chi connectivity index (χ3v) is 2.06. The molecule has 0 aliphatic carbocycles. The Kier molecular flexibility index (Phi) is 2.13. The lowest BCUT2D eigenvalue weighted by atomic mass is 10.3. The third-order valence-electron chi connectivity index (χ3n) is 1.74. The molecule has 0 atom stereocenters. The molecular formula is C9H6ClNO3. The number of methoxy groups -OCH3 is 1. The molecule has 5 heteroatoms. The van der Waals surface area contributed by atoms with Crippen LogP contribution in [0.15, 0.2) is 27.4 Å². The van der Waals surface area contributed by atoms with Crippen LogP contribution >= 0.6 is 11.6 Å². The quantitative estimate of drug-likeness (QED) is 0.722. The van der Waals surface area contributed by atoms with Crippen LogP contribution in [0.5, 0.6) is 5.88 Å². The summed E-state index contributed by atoms with van der Waals surface area (Å²) in [7, 11) is 1.48. The number of hydrogen-bond acceptors (Lipinski definition) is 4. The van der Waals surface area contributed by atoms with Gasteiger partial charge in [-0.1, -0.05) is 11.6 Å². The molecule has 0 amide bonds. The topological polar surface area (TPSA) is 52.3 Å². The average Bonchev–Trinajstić information content (AvgIpc) is 2.16. The Morgan fingerprint density at radius 1 is 1.50 bits per heavy atom. The fourth-order valence-electron chi connectivity index (χ4n) is 1.10. The van der Waals surface area contributed by atoms with Crippen molar-refractivity contribution in [1.82, 2.24) is 4.98 Å². The number of ether oxygens (including phenoxy) is 1. The minimum absolute atomic E-state index is 0.182. The third kappa shape index (κ3) is 1.44. The van der Waals surface area contributed by atoms with E-state index in [1.807, 2.05) is 0 Å². The van der Waals surface area contributed by atoms with Crippen LogP contribution in [-0.2, 0) is 0 Å². The molecule has 0 fully saturated rings. The van der Waals surface area contributed by atoms with Gasteiger partial charge in [0.2, 0.25) is 11.6 Å². The minimum Gasteiger partial charge on any atom is -0.481 e. The zero-order chi connectivity index (χ0) is 10.1. The maximum Gasteiger partial charge on any atom is 0.339 e. The molecule has 0 aliphatic rings. The number of rotatable bonds is 1. The van der Waals surface area contributed by atoms with Gasteiger partial charge < -0.3 is 9.15 Å². The number of halogens is 1. The molecule has 0 saturated carbocycles. The molecule has 2 aromatic rings. The number of fused-ring (bicyclic) bond motifs is 1. The summed E-state index contributed by atoms with van der Waals surface area (Å²) in [5.41, 5.74) is -0.342. The van der Waals surface area contributed by atoms with Gasteiger partial charge in [-0.15, -0.1) is 0 Å². The van der Waals surface area contributed by atoms with E-state index in [0.717, 1.165) is 0 Å². The highest BCUT2D eigenvalue weighted by molar-refractivity contribution is 6.35. The molecule has 2 heterocycles. The zero-order valence-corrected chi connectivity index (χ0v) is 8.04. The summed E-state index contributed by atoms with van der Waals surface area (Å²) in [6, 6.07) is 4.54. The Bertz CT molecular complexity index is 535. The summed E-state index contributed by atoms with van der Waals surface area (Å²) < 4.78 is 9.74. The smallest absolute Gasteiger partial charge is 0.339 e. The van der Waals surface area contributed by atoms with Gasteiger partial charge >= 0.3 is 5.63 Å². The van der Waals surface area contributed by atoms with E-state index in [4.69, 9.17) is 20.8 Å². The Balaban J connectivity index is 2.82. The van der Waals surface area contributed by atoms with Crippen LogP contribution in [0.1, 0.15) is 0 Å². The highest BCUT2D eigenvalue weighted by Gasteiger charge is 2.05. The second-order valence-electron chi connectivity index (χ2n) is 2.62. The maximum absolute atomic E-state index is 11.0. The Labute approximate surface area is 84.1 Å². The Morgan fingerprint density at radius 2 is 2.29 bits per heavy atom. The molecule has 4 nitrogen and oxygen atoms in total. The summed E-state index contributed by atoms with van der Waals surface area (Å²) >= 11 is 5.82. The first-order valence-corrected chi connectivity index (χ1v) is 4.23. The highest BCUT2D eigenvalue weighted by Crippen LogP contribution is 2.21. The molecule has 2 aromatic heterocycles. The number of aromatic nitrogens is 1. The highest BCUT2D eigenvalue weighted by atomic mass is 35.5. The lowest BCUT2D eigenvalue weighted by Crippen LogP contribution is -1.98. The van der Waals surface area contributed by atoms with E-state index in [1.54, 1.807) is 12.1 Å². The van der Waals surface area contributed by atoms with Gasteiger partial charge in [-0.2, -0.15) is 4.98 Å². The van der Waals surface area contributed by atoms with Crippen LogP contribution in [-0.4, -0.2) is 12.1 Å². The van der Waals surface area contributed by atoms with Gasteiger partial charge in [0.25, 0.3) is 0 Å². The second-order valence-corrected chi connectivity index (χ2v) is 3.03. The fraction of sp³-hybridized carbons (Fsp3) is 0.111. The first kappa shape index (κ1) is 9.02.